The number of fused-ring (bicyclic) bond motifs is 1. The number of hydroxylamine groups is 2. The number of aliphatic hydroxyl groups is 2. The van der Waals surface area contributed by atoms with Crippen molar-refractivity contribution < 1.29 is 24.6 Å². The molecule has 0 aliphatic carbocycles. The Morgan fingerprint density at radius 1 is 1.53 bits per heavy atom. The summed E-state index contributed by atoms with van der Waals surface area (Å²) in [5.74, 6) is 0.321. The molecule has 0 spiro atoms. The molecule has 0 bridgehead atoms. The number of hydrogen-bond donors (Lipinski definition) is 2. The van der Waals surface area contributed by atoms with Gasteiger partial charge in [0.05, 0.1) is 19.3 Å². The summed E-state index contributed by atoms with van der Waals surface area (Å²) >= 11 is 0. The van der Waals surface area contributed by atoms with Crippen molar-refractivity contribution in [1.82, 2.24) is 5.06 Å². The van der Waals surface area contributed by atoms with Crippen LogP contribution in [-0.4, -0.2) is 65.0 Å². The highest BCUT2D eigenvalue weighted by Gasteiger charge is 2.40. The second kappa shape index (κ2) is 4.82. The lowest BCUT2D eigenvalue weighted by Gasteiger charge is -2.33. The average Bonchev–Trinajstić information content (AvgIpc) is 2.79. The summed E-state index contributed by atoms with van der Waals surface area (Å²) < 4.78 is 5.48. The van der Waals surface area contributed by atoms with E-state index < -0.39 is 24.5 Å². The van der Waals surface area contributed by atoms with E-state index in [2.05, 4.69) is 9.98 Å². The number of carbonyl (C=O) groups is 1. The third-order valence-corrected chi connectivity index (χ3v) is 3.15. The minimum Gasteiger partial charge on any atom is -0.394 e. The molecule has 3 rings (SSSR count). The van der Waals surface area contributed by atoms with E-state index in [1.165, 1.54) is 11.3 Å². The fourth-order valence-corrected chi connectivity index (χ4v) is 2.20. The summed E-state index contributed by atoms with van der Waals surface area (Å²) in [6, 6.07) is -0.611. The van der Waals surface area contributed by atoms with Crippen molar-refractivity contribution in [3.63, 3.8) is 0 Å². The van der Waals surface area contributed by atoms with Crippen LogP contribution in [0, 0.1) is 0 Å². The van der Waals surface area contributed by atoms with E-state index >= 15 is 0 Å². The van der Waals surface area contributed by atoms with E-state index in [4.69, 9.17) is 14.7 Å². The number of amidine groups is 1. The van der Waals surface area contributed by atoms with E-state index in [1.807, 2.05) is 0 Å². The number of amides is 2. The molecule has 0 aromatic carbocycles. The fourth-order valence-electron chi connectivity index (χ4n) is 2.20. The molecule has 2 amide bonds. The van der Waals surface area contributed by atoms with Crippen LogP contribution in [0.1, 0.15) is 6.42 Å². The highest BCUT2D eigenvalue weighted by Crippen LogP contribution is 2.27. The monoisotopic (exact) mass is 267 g/mol. The summed E-state index contributed by atoms with van der Waals surface area (Å²) in [6.07, 6.45) is 1.42. The van der Waals surface area contributed by atoms with Gasteiger partial charge in [0.25, 0.3) is 0 Å². The predicted molar refractivity (Wildman–Crippen MR) is 63.6 cm³/mol. The van der Waals surface area contributed by atoms with Gasteiger partial charge >= 0.3 is 6.03 Å². The van der Waals surface area contributed by atoms with Crippen LogP contribution in [0.4, 0.5) is 4.79 Å². The molecule has 1 fully saturated rings. The smallest absolute Gasteiger partial charge is 0.369 e. The van der Waals surface area contributed by atoms with Crippen molar-refractivity contribution in [2.45, 2.75) is 24.9 Å². The summed E-state index contributed by atoms with van der Waals surface area (Å²) in [4.78, 5) is 24.0. The van der Waals surface area contributed by atoms with Crippen LogP contribution in [0.3, 0.4) is 0 Å². The van der Waals surface area contributed by atoms with E-state index in [-0.39, 0.29) is 13.0 Å². The number of aliphatic hydroxyl groups excluding tert-OH is 2. The van der Waals surface area contributed by atoms with Gasteiger partial charge in [-0.25, -0.2) is 9.86 Å². The first kappa shape index (κ1) is 12.4. The lowest BCUT2D eigenvalue weighted by molar-refractivity contribution is -0.198. The predicted octanol–water partition coefficient (Wildman–Crippen LogP) is -0.769. The number of aliphatic imine (C=N–C) groups is 2. The molecule has 1 unspecified atom stereocenters. The number of carbonyl (C=O) groups excluding carboxylic acids is 1. The van der Waals surface area contributed by atoms with Crippen molar-refractivity contribution in [3.05, 3.63) is 11.6 Å². The molecule has 19 heavy (non-hydrogen) atoms. The maximum absolute atomic E-state index is 11.2. The van der Waals surface area contributed by atoms with Crippen LogP contribution in [0.5, 0.6) is 0 Å². The molecular formula is C11H13N3O5. The highest BCUT2D eigenvalue weighted by atomic mass is 16.7. The van der Waals surface area contributed by atoms with Gasteiger partial charge in [-0.1, -0.05) is 0 Å². The Labute approximate surface area is 108 Å². The van der Waals surface area contributed by atoms with Crippen LogP contribution in [-0.2, 0) is 9.57 Å². The second-order valence-electron chi connectivity index (χ2n) is 4.37. The average molecular weight is 267 g/mol. The Balaban J connectivity index is 1.82. The SMILES string of the molecule is O=C1N=CC2=CCON(C3C[C@H](O)[C@@H](CO)O3)C2=N1. The first-order chi connectivity index (χ1) is 9.19. The van der Waals surface area contributed by atoms with Gasteiger partial charge in [-0.2, -0.15) is 9.98 Å². The van der Waals surface area contributed by atoms with Gasteiger partial charge in [0.2, 0.25) is 0 Å². The number of urea groups is 1. The van der Waals surface area contributed by atoms with E-state index in [0.29, 0.717) is 18.0 Å². The molecule has 8 nitrogen and oxygen atoms in total. The first-order valence-electron chi connectivity index (χ1n) is 5.93. The lowest BCUT2D eigenvalue weighted by atomic mass is 10.1. The van der Waals surface area contributed by atoms with Crippen molar-refractivity contribution >= 4 is 18.1 Å². The maximum Gasteiger partial charge on any atom is 0.369 e. The molecule has 0 radical (unpaired) electrons. The van der Waals surface area contributed by atoms with Gasteiger partial charge in [-0.05, 0) is 6.08 Å². The van der Waals surface area contributed by atoms with Crippen molar-refractivity contribution in [3.8, 4) is 0 Å². The zero-order chi connectivity index (χ0) is 13.4. The topological polar surface area (TPSA) is 104 Å². The quantitative estimate of drug-likeness (QED) is 0.681. The first-order valence-corrected chi connectivity index (χ1v) is 5.93. The number of rotatable bonds is 2. The Kier molecular flexibility index (Phi) is 3.15. The fraction of sp³-hybridized carbons (Fsp3) is 0.545. The van der Waals surface area contributed by atoms with E-state index in [0.717, 1.165) is 0 Å². The Bertz CT molecular complexity index is 487. The zero-order valence-electron chi connectivity index (χ0n) is 9.97. The van der Waals surface area contributed by atoms with Gasteiger partial charge < -0.3 is 14.9 Å². The molecule has 3 aliphatic rings. The number of ether oxygens (including phenoxy) is 1. The van der Waals surface area contributed by atoms with E-state index in [9.17, 15) is 9.90 Å². The molecule has 102 valence electrons. The summed E-state index contributed by atoms with van der Waals surface area (Å²) in [7, 11) is 0. The third kappa shape index (κ3) is 2.19. The molecule has 2 N–H and O–H groups in total. The Hall–Kier alpha value is -1.61. The van der Waals surface area contributed by atoms with Crippen LogP contribution in [0.25, 0.3) is 0 Å². The second-order valence-corrected chi connectivity index (χ2v) is 4.37. The largest absolute Gasteiger partial charge is 0.394 e. The Morgan fingerprint density at radius 2 is 2.37 bits per heavy atom. The number of nitrogens with zero attached hydrogens (tertiary/aromatic N) is 3. The molecule has 8 heteroatoms. The van der Waals surface area contributed by atoms with Crippen LogP contribution >= 0.6 is 0 Å². The normalized spacial score (nSPS) is 34.1. The molecule has 3 atom stereocenters. The minimum atomic E-state index is -0.776. The zero-order valence-corrected chi connectivity index (χ0v) is 9.97. The maximum atomic E-state index is 11.2. The lowest BCUT2D eigenvalue weighted by Crippen LogP contribution is -2.45. The molecule has 1 saturated heterocycles. The third-order valence-electron chi connectivity index (χ3n) is 3.15. The van der Waals surface area contributed by atoms with Gasteiger partial charge in [-0.15, -0.1) is 0 Å². The summed E-state index contributed by atoms with van der Waals surface area (Å²) in [5.41, 5.74) is 0.677. The highest BCUT2D eigenvalue weighted by molar-refractivity contribution is 6.22. The van der Waals surface area contributed by atoms with E-state index in [1.54, 1.807) is 6.08 Å². The van der Waals surface area contributed by atoms with Gasteiger partial charge in [0, 0.05) is 18.2 Å². The van der Waals surface area contributed by atoms with Crippen LogP contribution < -0.4 is 0 Å². The minimum absolute atomic E-state index is 0.267. The molecular weight excluding hydrogens is 254 g/mol. The molecule has 0 saturated carbocycles. The standard InChI is InChI=1S/C11H13N3O5/c15-5-8-7(16)3-9(19-8)14-10-6(1-2-18-14)4-12-11(17)13-10/h1,4,7-9,15-16H,2-3,5H2/t7-,8+,9?/m0/s1. The van der Waals surface area contributed by atoms with Gasteiger partial charge in [0.15, 0.2) is 12.1 Å². The van der Waals surface area contributed by atoms with Crippen LogP contribution in [0.15, 0.2) is 21.6 Å². The molecule has 0 aromatic rings. The summed E-state index contributed by atoms with van der Waals surface area (Å²) in [5, 5.41) is 20.1. The Morgan fingerprint density at radius 3 is 3.11 bits per heavy atom. The molecule has 3 heterocycles. The molecule has 0 aromatic heterocycles. The van der Waals surface area contributed by atoms with Crippen LogP contribution in [0.2, 0.25) is 0 Å². The van der Waals surface area contributed by atoms with Gasteiger partial charge in [0.1, 0.15) is 6.10 Å². The van der Waals surface area contributed by atoms with Crippen molar-refractivity contribution in [2.24, 2.45) is 9.98 Å². The van der Waals surface area contributed by atoms with Crippen molar-refractivity contribution in [1.29, 1.82) is 0 Å². The molecule has 3 aliphatic heterocycles. The van der Waals surface area contributed by atoms with Crippen molar-refractivity contribution in [2.75, 3.05) is 13.2 Å². The number of hydrogen-bond acceptors (Lipinski definition) is 6. The van der Waals surface area contributed by atoms with Gasteiger partial charge in [-0.3, -0.25) is 4.84 Å². The summed E-state index contributed by atoms with van der Waals surface area (Å²) in [6.45, 7) is 0.0232.